The first-order valence-electron chi connectivity index (χ1n) is 9.24. The molecule has 1 saturated heterocycles. The monoisotopic (exact) mass is 423 g/mol. The van der Waals surface area contributed by atoms with Crippen LogP contribution in [0.2, 0.25) is 0 Å². The maximum Gasteiger partial charge on any atom is 0.427 e. The van der Waals surface area contributed by atoms with Crippen LogP contribution in [0.5, 0.6) is 0 Å². The van der Waals surface area contributed by atoms with Crippen LogP contribution in [0.4, 0.5) is 18.3 Å². The molecule has 1 aliphatic rings. The van der Waals surface area contributed by atoms with Crippen molar-refractivity contribution in [1.29, 1.82) is 0 Å². The molecule has 0 spiro atoms. The van der Waals surface area contributed by atoms with Gasteiger partial charge in [-0.3, -0.25) is 4.90 Å². The molecule has 0 saturated carbocycles. The van der Waals surface area contributed by atoms with Gasteiger partial charge in [-0.15, -0.1) is 0 Å². The van der Waals surface area contributed by atoms with E-state index in [1.807, 2.05) is 43.0 Å². The van der Waals surface area contributed by atoms with Crippen molar-refractivity contribution in [2.45, 2.75) is 26.1 Å². The molecule has 1 aromatic carbocycles. The lowest BCUT2D eigenvalue weighted by atomic mass is 10.1. The van der Waals surface area contributed by atoms with Crippen LogP contribution in [0, 0.1) is 6.92 Å². The second kappa shape index (κ2) is 7.75. The van der Waals surface area contributed by atoms with E-state index in [1.165, 1.54) is 0 Å². The van der Waals surface area contributed by atoms with Gasteiger partial charge in [0.05, 0.1) is 12.2 Å². The van der Waals surface area contributed by atoms with Crippen LogP contribution in [0.25, 0.3) is 11.4 Å². The third-order valence-electron chi connectivity index (χ3n) is 5.01. The number of thiazole rings is 1. The van der Waals surface area contributed by atoms with Crippen LogP contribution in [-0.4, -0.2) is 46.2 Å². The maximum absolute atomic E-state index is 12.8. The Morgan fingerprint density at radius 3 is 2.41 bits per heavy atom. The van der Waals surface area contributed by atoms with Crippen LogP contribution in [0.3, 0.4) is 0 Å². The molecule has 3 heterocycles. The van der Waals surface area contributed by atoms with E-state index in [0.717, 1.165) is 17.3 Å². The van der Waals surface area contributed by atoms with Crippen LogP contribution in [0.15, 0.2) is 35.0 Å². The molecular formula is C19H20F3N5OS. The van der Waals surface area contributed by atoms with Crippen LogP contribution in [-0.2, 0) is 6.18 Å². The molecule has 1 atom stereocenters. The van der Waals surface area contributed by atoms with E-state index in [9.17, 15) is 13.2 Å². The van der Waals surface area contributed by atoms with Crippen molar-refractivity contribution in [3.63, 3.8) is 0 Å². The number of hydrogen-bond acceptors (Lipinski definition) is 7. The lowest BCUT2D eigenvalue weighted by Gasteiger charge is -2.36. The number of aryl methyl sites for hydroxylation is 1. The van der Waals surface area contributed by atoms with Gasteiger partial charge in [0.1, 0.15) is 4.88 Å². The van der Waals surface area contributed by atoms with Gasteiger partial charge in [0.2, 0.25) is 11.7 Å². The Kier molecular flexibility index (Phi) is 5.30. The van der Waals surface area contributed by atoms with Gasteiger partial charge < -0.3 is 9.42 Å². The van der Waals surface area contributed by atoms with Gasteiger partial charge in [-0.05, 0) is 13.8 Å². The highest BCUT2D eigenvalue weighted by atomic mass is 32.1. The van der Waals surface area contributed by atoms with E-state index in [0.29, 0.717) is 54.4 Å². The molecule has 2 aromatic heterocycles. The molecule has 0 radical (unpaired) electrons. The summed E-state index contributed by atoms with van der Waals surface area (Å²) in [5, 5.41) is 4.49. The first-order valence-corrected chi connectivity index (χ1v) is 10.1. The minimum absolute atomic E-state index is 0.0779. The Hall–Kier alpha value is -2.46. The number of halogens is 3. The van der Waals surface area contributed by atoms with Gasteiger partial charge in [0, 0.05) is 31.7 Å². The second-order valence-electron chi connectivity index (χ2n) is 7.03. The van der Waals surface area contributed by atoms with E-state index in [2.05, 4.69) is 20.0 Å². The van der Waals surface area contributed by atoms with E-state index in [-0.39, 0.29) is 6.04 Å². The summed E-state index contributed by atoms with van der Waals surface area (Å²) in [6, 6.07) is 7.83. The largest absolute Gasteiger partial charge is 0.427 e. The lowest BCUT2D eigenvalue weighted by molar-refractivity contribution is -0.134. The van der Waals surface area contributed by atoms with Crippen LogP contribution >= 0.6 is 11.3 Å². The Bertz CT molecular complexity index is 961. The van der Waals surface area contributed by atoms with Crippen molar-refractivity contribution in [3.05, 3.63) is 46.8 Å². The molecule has 0 amide bonds. The van der Waals surface area contributed by atoms with Gasteiger partial charge in [-0.25, -0.2) is 4.98 Å². The number of hydrogen-bond donors (Lipinski definition) is 0. The predicted octanol–water partition coefficient (Wildman–Crippen LogP) is 4.40. The fourth-order valence-electron chi connectivity index (χ4n) is 3.22. The average molecular weight is 423 g/mol. The van der Waals surface area contributed by atoms with Crippen molar-refractivity contribution in [3.8, 4) is 11.4 Å². The zero-order valence-corrected chi connectivity index (χ0v) is 16.8. The molecule has 4 rings (SSSR count). The SMILES string of the molecule is Cc1ccc(-c2noc(C(C)N3CCN(c4ncc(C(F)(F)F)s4)CC3)n2)cc1. The van der Waals surface area contributed by atoms with Gasteiger partial charge in [0.15, 0.2) is 5.13 Å². The summed E-state index contributed by atoms with van der Waals surface area (Å²) in [5.41, 5.74) is 2.05. The molecule has 6 nitrogen and oxygen atoms in total. The fourth-order valence-corrected chi connectivity index (χ4v) is 4.06. The maximum atomic E-state index is 12.8. The minimum Gasteiger partial charge on any atom is -0.346 e. The topological polar surface area (TPSA) is 58.3 Å². The van der Waals surface area contributed by atoms with E-state index < -0.39 is 11.1 Å². The summed E-state index contributed by atoms with van der Waals surface area (Å²) in [5.74, 6) is 1.08. The average Bonchev–Trinajstić information content (AvgIpc) is 3.38. The second-order valence-corrected chi connectivity index (χ2v) is 8.04. The molecule has 154 valence electrons. The molecule has 1 aliphatic heterocycles. The van der Waals surface area contributed by atoms with Gasteiger partial charge in [-0.2, -0.15) is 18.2 Å². The molecule has 1 unspecified atom stereocenters. The highest BCUT2D eigenvalue weighted by Crippen LogP contribution is 2.36. The summed E-state index contributed by atoms with van der Waals surface area (Å²) in [4.78, 5) is 11.9. The predicted molar refractivity (Wildman–Crippen MR) is 104 cm³/mol. The Balaban J connectivity index is 1.38. The standard InChI is InChI=1S/C19H20F3N5OS/c1-12-3-5-14(6-4-12)16-24-17(28-25-16)13(2)26-7-9-27(10-8-26)18-23-11-15(29-18)19(20,21)22/h3-6,11,13H,7-10H2,1-2H3. The van der Waals surface area contributed by atoms with Gasteiger partial charge in [0.25, 0.3) is 0 Å². The van der Waals surface area contributed by atoms with E-state index >= 15 is 0 Å². The van der Waals surface area contributed by atoms with Crippen molar-refractivity contribution in [1.82, 2.24) is 20.0 Å². The quantitative estimate of drug-likeness (QED) is 0.620. The molecule has 0 aliphatic carbocycles. The zero-order valence-electron chi connectivity index (χ0n) is 16.0. The Morgan fingerprint density at radius 2 is 1.79 bits per heavy atom. The van der Waals surface area contributed by atoms with E-state index in [1.54, 1.807) is 0 Å². The third kappa shape index (κ3) is 4.27. The highest BCUT2D eigenvalue weighted by molar-refractivity contribution is 7.15. The van der Waals surface area contributed by atoms with Crippen molar-refractivity contribution >= 4 is 16.5 Å². The number of rotatable bonds is 4. The molecule has 0 N–H and O–H groups in total. The number of alkyl halides is 3. The number of benzene rings is 1. The summed E-state index contributed by atoms with van der Waals surface area (Å²) in [7, 11) is 0. The highest BCUT2D eigenvalue weighted by Gasteiger charge is 2.34. The molecule has 29 heavy (non-hydrogen) atoms. The van der Waals surface area contributed by atoms with Crippen LogP contribution in [0.1, 0.15) is 29.3 Å². The molecule has 1 fully saturated rings. The summed E-state index contributed by atoms with van der Waals surface area (Å²) >= 11 is 0.685. The van der Waals surface area contributed by atoms with Crippen molar-refractivity contribution < 1.29 is 17.7 Å². The summed E-state index contributed by atoms with van der Waals surface area (Å²) < 4.78 is 43.8. The molecular weight excluding hydrogens is 403 g/mol. The number of aromatic nitrogens is 3. The summed E-state index contributed by atoms with van der Waals surface area (Å²) in [6.07, 6.45) is -3.45. The Morgan fingerprint density at radius 1 is 1.10 bits per heavy atom. The lowest BCUT2D eigenvalue weighted by Crippen LogP contribution is -2.47. The van der Waals surface area contributed by atoms with Crippen molar-refractivity contribution in [2.75, 3.05) is 31.1 Å². The van der Waals surface area contributed by atoms with Crippen LogP contribution < -0.4 is 4.90 Å². The zero-order chi connectivity index (χ0) is 20.6. The van der Waals surface area contributed by atoms with Crippen molar-refractivity contribution in [2.24, 2.45) is 0 Å². The van der Waals surface area contributed by atoms with Gasteiger partial charge in [-0.1, -0.05) is 46.3 Å². The number of piperazine rings is 1. The summed E-state index contributed by atoms with van der Waals surface area (Å²) in [6.45, 7) is 6.53. The van der Waals surface area contributed by atoms with E-state index in [4.69, 9.17) is 4.52 Å². The normalized spacial score (nSPS) is 16.9. The third-order valence-corrected chi connectivity index (χ3v) is 6.12. The molecule has 0 bridgehead atoms. The fraction of sp³-hybridized carbons (Fsp3) is 0.421. The Labute approximate surface area is 170 Å². The smallest absolute Gasteiger partial charge is 0.346 e. The number of nitrogens with zero attached hydrogens (tertiary/aromatic N) is 5. The van der Waals surface area contributed by atoms with Gasteiger partial charge >= 0.3 is 6.18 Å². The first kappa shape index (κ1) is 19.8. The molecule has 3 aromatic rings. The first-order chi connectivity index (χ1) is 13.8. The molecule has 10 heteroatoms. The minimum atomic E-state index is -4.35. The number of anilines is 1.